The molecule has 0 unspecified atom stereocenters. The van der Waals surface area contributed by atoms with Crippen molar-refractivity contribution in [1.29, 1.82) is 0 Å². The number of fused-ring (bicyclic) bond motifs is 1. The lowest BCUT2D eigenvalue weighted by Gasteiger charge is -2.17. The molecule has 3 aromatic rings. The Kier molecular flexibility index (Phi) is 4.56. The maximum Gasteiger partial charge on any atom is 0.164 e. The van der Waals surface area contributed by atoms with Crippen LogP contribution in [0.4, 0.5) is 5.69 Å². The van der Waals surface area contributed by atoms with Crippen LogP contribution in [0.25, 0.3) is 11.0 Å². The predicted molar refractivity (Wildman–Crippen MR) is 99.6 cm³/mol. The minimum atomic E-state index is -1.21. The van der Waals surface area contributed by atoms with Gasteiger partial charge in [-0.1, -0.05) is 30.0 Å². The first kappa shape index (κ1) is 17.5. The smallest absolute Gasteiger partial charge is 0.164 e. The summed E-state index contributed by atoms with van der Waals surface area (Å²) in [6.45, 7) is -0.399. The van der Waals surface area contributed by atoms with Gasteiger partial charge < -0.3 is 30.4 Å². The molecule has 4 rings (SSSR count). The molecule has 2 aromatic heterocycles. The Balaban J connectivity index is 1.82. The first-order valence-electron chi connectivity index (χ1n) is 8.54. The number of ether oxygens (including phenoxy) is 1. The van der Waals surface area contributed by atoms with Crippen molar-refractivity contribution in [3.63, 3.8) is 0 Å². The average Bonchev–Trinajstić information content (AvgIpc) is 3.20. The Morgan fingerprint density at radius 2 is 1.89 bits per heavy atom. The molecular formula is C20H19N3O4. The molecule has 1 aliphatic rings. The van der Waals surface area contributed by atoms with Crippen molar-refractivity contribution in [3.05, 3.63) is 59.9 Å². The quantitative estimate of drug-likeness (QED) is 0.496. The molecule has 138 valence electrons. The molecule has 1 aliphatic heterocycles. The number of nitrogens with zero attached hydrogens (tertiary/aromatic N) is 2. The van der Waals surface area contributed by atoms with Crippen molar-refractivity contribution in [1.82, 2.24) is 9.55 Å². The molecule has 7 heteroatoms. The number of aromatic nitrogens is 2. The second-order valence-corrected chi connectivity index (χ2v) is 6.39. The van der Waals surface area contributed by atoms with E-state index < -0.39 is 31.1 Å². The Morgan fingerprint density at radius 1 is 1.11 bits per heavy atom. The first-order valence-corrected chi connectivity index (χ1v) is 8.54. The summed E-state index contributed by atoms with van der Waals surface area (Å²) in [5.74, 6) is 6.18. The van der Waals surface area contributed by atoms with Crippen LogP contribution in [-0.2, 0) is 4.74 Å². The zero-order valence-electron chi connectivity index (χ0n) is 14.4. The van der Waals surface area contributed by atoms with E-state index in [1.165, 1.54) is 0 Å². The summed E-state index contributed by atoms with van der Waals surface area (Å²) in [6, 6.07) is 11.2. The summed E-state index contributed by atoms with van der Waals surface area (Å²) < 4.78 is 7.23. The highest BCUT2D eigenvalue weighted by Gasteiger charge is 2.44. The van der Waals surface area contributed by atoms with Crippen LogP contribution >= 0.6 is 0 Å². The van der Waals surface area contributed by atoms with E-state index in [4.69, 9.17) is 10.5 Å². The van der Waals surface area contributed by atoms with Gasteiger partial charge in [-0.05, 0) is 18.2 Å². The molecule has 0 aliphatic carbocycles. The van der Waals surface area contributed by atoms with Gasteiger partial charge >= 0.3 is 0 Å². The third kappa shape index (κ3) is 3.05. The molecule has 27 heavy (non-hydrogen) atoms. The van der Waals surface area contributed by atoms with Crippen LogP contribution in [0.3, 0.4) is 0 Å². The SMILES string of the molecule is Nc1ccnc2c1c(C#Cc1ccccc1)cn2[C@@H]1O[C@H](CO)[C@@H](O)[C@H]1O. The van der Waals surface area contributed by atoms with E-state index in [0.29, 0.717) is 22.3 Å². The summed E-state index contributed by atoms with van der Waals surface area (Å²) in [6.07, 6.45) is -0.925. The monoisotopic (exact) mass is 365 g/mol. The average molecular weight is 365 g/mol. The van der Waals surface area contributed by atoms with Gasteiger partial charge in [0.05, 0.1) is 17.6 Å². The molecule has 0 radical (unpaired) electrons. The van der Waals surface area contributed by atoms with Crippen LogP contribution in [0.15, 0.2) is 48.8 Å². The van der Waals surface area contributed by atoms with Crippen molar-refractivity contribution < 1.29 is 20.1 Å². The van der Waals surface area contributed by atoms with Gasteiger partial charge in [0.1, 0.15) is 24.0 Å². The third-order valence-electron chi connectivity index (χ3n) is 4.65. The van der Waals surface area contributed by atoms with Crippen molar-refractivity contribution in [2.24, 2.45) is 0 Å². The summed E-state index contributed by atoms with van der Waals surface area (Å²) in [4.78, 5) is 4.35. The van der Waals surface area contributed by atoms with Crippen LogP contribution in [-0.4, -0.2) is 49.8 Å². The zero-order valence-corrected chi connectivity index (χ0v) is 14.4. The van der Waals surface area contributed by atoms with Gasteiger partial charge in [0.2, 0.25) is 0 Å². The highest BCUT2D eigenvalue weighted by atomic mass is 16.6. The normalized spacial score (nSPS) is 24.7. The molecule has 7 nitrogen and oxygen atoms in total. The van der Waals surface area contributed by atoms with E-state index in [1.807, 2.05) is 30.3 Å². The van der Waals surface area contributed by atoms with Crippen LogP contribution in [0.2, 0.25) is 0 Å². The van der Waals surface area contributed by atoms with Gasteiger partial charge in [-0.2, -0.15) is 0 Å². The van der Waals surface area contributed by atoms with E-state index >= 15 is 0 Å². The number of pyridine rings is 1. The van der Waals surface area contributed by atoms with E-state index in [-0.39, 0.29) is 0 Å². The van der Waals surface area contributed by atoms with Crippen molar-refractivity contribution >= 4 is 16.7 Å². The predicted octanol–water partition coefficient (Wildman–Crippen LogP) is 0.630. The summed E-state index contributed by atoms with van der Waals surface area (Å²) >= 11 is 0. The number of aliphatic hydroxyl groups excluding tert-OH is 3. The first-order chi connectivity index (χ1) is 13.1. The number of rotatable bonds is 2. The fourth-order valence-electron chi connectivity index (χ4n) is 3.26. The molecule has 0 amide bonds. The number of nitrogens with two attached hydrogens (primary N) is 1. The molecule has 1 saturated heterocycles. The second-order valence-electron chi connectivity index (χ2n) is 6.39. The Bertz CT molecular complexity index is 1020. The van der Waals surface area contributed by atoms with E-state index in [0.717, 1.165) is 5.56 Å². The van der Waals surface area contributed by atoms with Crippen LogP contribution in [0, 0.1) is 11.8 Å². The van der Waals surface area contributed by atoms with Gasteiger partial charge in [-0.25, -0.2) is 4.98 Å². The topological polar surface area (TPSA) is 114 Å². The van der Waals surface area contributed by atoms with E-state index in [1.54, 1.807) is 23.0 Å². The Morgan fingerprint density at radius 3 is 2.59 bits per heavy atom. The van der Waals surface area contributed by atoms with Crippen LogP contribution in [0.5, 0.6) is 0 Å². The molecule has 4 atom stereocenters. The fraction of sp³-hybridized carbons (Fsp3) is 0.250. The number of aliphatic hydroxyl groups is 3. The molecule has 0 spiro atoms. The zero-order chi connectivity index (χ0) is 19.0. The van der Waals surface area contributed by atoms with Crippen molar-refractivity contribution in [2.75, 3.05) is 12.3 Å². The van der Waals surface area contributed by atoms with Gasteiger partial charge in [0.25, 0.3) is 0 Å². The largest absolute Gasteiger partial charge is 0.398 e. The van der Waals surface area contributed by atoms with E-state index in [2.05, 4.69) is 16.8 Å². The van der Waals surface area contributed by atoms with Crippen LogP contribution < -0.4 is 5.73 Å². The number of nitrogen functional groups attached to an aromatic ring is 1. The summed E-state index contributed by atoms with van der Waals surface area (Å²) in [5, 5.41) is 30.4. The molecule has 1 aromatic carbocycles. The molecule has 3 heterocycles. The lowest BCUT2D eigenvalue weighted by molar-refractivity contribution is -0.0508. The lowest BCUT2D eigenvalue weighted by atomic mass is 10.1. The number of hydrogen-bond acceptors (Lipinski definition) is 6. The van der Waals surface area contributed by atoms with Gasteiger partial charge in [0.15, 0.2) is 6.23 Å². The summed E-state index contributed by atoms with van der Waals surface area (Å²) in [7, 11) is 0. The summed E-state index contributed by atoms with van der Waals surface area (Å²) in [5.41, 5.74) is 8.62. The maximum absolute atomic E-state index is 10.4. The number of anilines is 1. The molecule has 0 saturated carbocycles. The van der Waals surface area contributed by atoms with Gasteiger partial charge in [-0.3, -0.25) is 0 Å². The Hall–Kier alpha value is -2.89. The van der Waals surface area contributed by atoms with Crippen LogP contribution in [0.1, 0.15) is 17.4 Å². The maximum atomic E-state index is 10.4. The minimum Gasteiger partial charge on any atom is -0.398 e. The Labute approximate surface area is 155 Å². The fourth-order valence-corrected chi connectivity index (χ4v) is 3.26. The lowest BCUT2D eigenvalue weighted by Crippen LogP contribution is -2.33. The van der Waals surface area contributed by atoms with E-state index in [9.17, 15) is 15.3 Å². The van der Waals surface area contributed by atoms with Gasteiger partial charge in [0, 0.05) is 23.6 Å². The molecular weight excluding hydrogens is 346 g/mol. The van der Waals surface area contributed by atoms with Gasteiger partial charge in [-0.15, -0.1) is 0 Å². The van der Waals surface area contributed by atoms with Crippen molar-refractivity contribution in [3.8, 4) is 11.8 Å². The molecule has 5 N–H and O–H groups in total. The molecule has 1 fully saturated rings. The highest BCUT2D eigenvalue weighted by molar-refractivity contribution is 5.94. The number of benzene rings is 1. The van der Waals surface area contributed by atoms with Crippen molar-refractivity contribution in [2.45, 2.75) is 24.5 Å². The molecule has 0 bridgehead atoms. The number of hydrogen-bond donors (Lipinski definition) is 4. The highest BCUT2D eigenvalue weighted by Crippen LogP contribution is 2.34. The standard InChI is InChI=1S/C20H19N3O4/c21-14-8-9-22-19-16(14)13(7-6-12-4-2-1-3-5-12)10-23(19)20-18(26)17(25)15(11-24)27-20/h1-5,8-10,15,17-18,20,24-26H,11H2,(H2,21,22)/t15-,17-,18-,20-/m1/s1. The minimum absolute atomic E-state index is 0.399. The second kappa shape index (κ2) is 7.02. The third-order valence-corrected chi connectivity index (χ3v) is 4.65.